The van der Waals surface area contributed by atoms with E-state index in [0.29, 0.717) is 6.54 Å². The molecule has 2 heterocycles. The molecule has 5 heteroatoms. The van der Waals surface area contributed by atoms with Crippen molar-refractivity contribution in [2.45, 2.75) is 19.4 Å². The summed E-state index contributed by atoms with van der Waals surface area (Å²) < 4.78 is 4.93. The maximum Gasteiger partial charge on any atom is 0.372 e. The molecule has 0 aromatic carbocycles. The molecule has 0 unspecified atom stereocenters. The van der Waals surface area contributed by atoms with Crippen LogP contribution in [0.1, 0.15) is 29.0 Å². The molecule has 1 aliphatic heterocycles. The molecule has 1 aromatic heterocycles. The van der Waals surface area contributed by atoms with Crippen LogP contribution in [0, 0.1) is 5.92 Å². The number of hydrogen-bond acceptors (Lipinski definition) is 4. The van der Waals surface area contributed by atoms with Crippen LogP contribution in [-0.4, -0.2) is 29.1 Å². The van der Waals surface area contributed by atoms with Crippen LogP contribution in [0.3, 0.4) is 0 Å². The maximum absolute atomic E-state index is 10.8. The van der Waals surface area contributed by atoms with E-state index in [9.17, 15) is 4.79 Å². The lowest BCUT2D eigenvalue weighted by Crippen LogP contribution is -2.25. The molecule has 0 saturated carbocycles. The standard InChI is InChI=1S/C12H17NO3S/c14-12(15)11-10(1-4-16-11)8-13-7-9-2-5-17-6-3-9/h1,4,9,13H,2-3,5-8H2,(H,14,15). The zero-order valence-corrected chi connectivity index (χ0v) is 10.5. The van der Waals surface area contributed by atoms with Crippen molar-refractivity contribution < 1.29 is 14.3 Å². The van der Waals surface area contributed by atoms with Crippen LogP contribution < -0.4 is 5.32 Å². The molecule has 1 fully saturated rings. The molecular formula is C12H17NO3S. The molecule has 0 amide bonds. The fourth-order valence-corrected chi connectivity index (χ4v) is 3.23. The molecule has 0 radical (unpaired) electrons. The van der Waals surface area contributed by atoms with E-state index < -0.39 is 5.97 Å². The highest BCUT2D eigenvalue weighted by molar-refractivity contribution is 7.99. The SMILES string of the molecule is O=C(O)c1occc1CNCC1CCSCC1. The first-order valence-electron chi connectivity index (χ1n) is 5.85. The third-order valence-electron chi connectivity index (χ3n) is 3.03. The molecule has 0 spiro atoms. The molecule has 2 N–H and O–H groups in total. The van der Waals surface area contributed by atoms with Gasteiger partial charge in [0, 0.05) is 12.1 Å². The highest BCUT2D eigenvalue weighted by Gasteiger charge is 2.15. The third kappa shape index (κ3) is 3.51. The summed E-state index contributed by atoms with van der Waals surface area (Å²) in [6.07, 6.45) is 3.95. The minimum absolute atomic E-state index is 0.0525. The predicted molar refractivity (Wildman–Crippen MR) is 67.4 cm³/mol. The Bertz CT molecular complexity index is 372. The van der Waals surface area contributed by atoms with Gasteiger partial charge in [-0.05, 0) is 42.9 Å². The van der Waals surface area contributed by atoms with Gasteiger partial charge < -0.3 is 14.8 Å². The summed E-state index contributed by atoms with van der Waals surface area (Å²) in [5.41, 5.74) is 0.725. The van der Waals surface area contributed by atoms with E-state index in [0.717, 1.165) is 18.0 Å². The number of carboxylic acid groups (broad SMARTS) is 1. The monoisotopic (exact) mass is 255 g/mol. The Balaban J connectivity index is 1.77. The number of carbonyl (C=O) groups is 1. The lowest BCUT2D eigenvalue weighted by molar-refractivity contribution is 0.0660. The van der Waals surface area contributed by atoms with Gasteiger partial charge in [0.05, 0.1) is 6.26 Å². The molecule has 1 saturated heterocycles. The average Bonchev–Trinajstić information content (AvgIpc) is 2.79. The lowest BCUT2D eigenvalue weighted by Gasteiger charge is -2.21. The van der Waals surface area contributed by atoms with Crippen LogP contribution >= 0.6 is 11.8 Å². The summed E-state index contributed by atoms with van der Waals surface area (Å²) in [4.78, 5) is 10.8. The summed E-state index contributed by atoms with van der Waals surface area (Å²) in [6, 6.07) is 1.72. The predicted octanol–water partition coefficient (Wildman–Crippen LogP) is 2.21. The van der Waals surface area contributed by atoms with Gasteiger partial charge in [-0.1, -0.05) is 0 Å². The van der Waals surface area contributed by atoms with Crippen LogP contribution in [0.2, 0.25) is 0 Å². The molecule has 1 aliphatic rings. The van der Waals surface area contributed by atoms with Gasteiger partial charge in [0.1, 0.15) is 0 Å². The molecule has 0 atom stereocenters. The molecule has 17 heavy (non-hydrogen) atoms. The number of furan rings is 1. The first kappa shape index (κ1) is 12.5. The lowest BCUT2D eigenvalue weighted by atomic mass is 10.0. The first-order chi connectivity index (χ1) is 8.27. The van der Waals surface area contributed by atoms with Gasteiger partial charge in [0.25, 0.3) is 0 Å². The third-order valence-corrected chi connectivity index (χ3v) is 4.08. The molecule has 2 rings (SSSR count). The topological polar surface area (TPSA) is 62.5 Å². The van der Waals surface area contributed by atoms with E-state index in [-0.39, 0.29) is 5.76 Å². The van der Waals surface area contributed by atoms with Gasteiger partial charge in [-0.2, -0.15) is 11.8 Å². The minimum atomic E-state index is -0.999. The summed E-state index contributed by atoms with van der Waals surface area (Å²) in [7, 11) is 0. The van der Waals surface area contributed by atoms with Crippen LogP contribution in [0.15, 0.2) is 16.7 Å². The Morgan fingerprint density at radius 3 is 3.00 bits per heavy atom. The quantitative estimate of drug-likeness (QED) is 0.844. The Labute approximate surface area is 105 Å². The average molecular weight is 255 g/mol. The Morgan fingerprint density at radius 1 is 1.53 bits per heavy atom. The Morgan fingerprint density at radius 2 is 2.29 bits per heavy atom. The van der Waals surface area contributed by atoms with Crippen LogP contribution in [0.4, 0.5) is 0 Å². The van der Waals surface area contributed by atoms with Gasteiger partial charge >= 0.3 is 5.97 Å². The number of hydrogen-bond donors (Lipinski definition) is 2. The molecule has 1 aromatic rings. The number of thioether (sulfide) groups is 1. The smallest absolute Gasteiger partial charge is 0.372 e. The van der Waals surface area contributed by atoms with Gasteiger partial charge in [-0.3, -0.25) is 0 Å². The number of rotatable bonds is 5. The fraction of sp³-hybridized carbons (Fsp3) is 0.583. The molecule has 0 bridgehead atoms. The largest absolute Gasteiger partial charge is 0.475 e. The van der Waals surface area contributed by atoms with Crippen LogP contribution in [0.5, 0.6) is 0 Å². The maximum atomic E-state index is 10.8. The van der Waals surface area contributed by atoms with Crippen molar-refractivity contribution in [3.63, 3.8) is 0 Å². The second-order valence-corrected chi connectivity index (χ2v) is 5.49. The summed E-state index contributed by atoms with van der Waals surface area (Å²) in [5.74, 6) is 2.28. The summed E-state index contributed by atoms with van der Waals surface area (Å²) >= 11 is 2.02. The van der Waals surface area contributed by atoms with Crippen molar-refractivity contribution in [3.05, 3.63) is 23.7 Å². The van der Waals surface area contributed by atoms with Crippen molar-refractivity contribution in [3.8, 4) is 0 Å². The highest BCUT2D eigenvalue weighted by atomic mass is 32.2. The zero-order chi connectivity index (χ0) is 12.1. The van der Waals surface area contributed by atoms with E-state index in [1.165, 1.54) is 30.6 Å². The highest BCUT2D eigenvalue weighted by Crippen LogP contribution is 2.22. The minimum Gasteiger partial charge on any atom is -0.475 e. The van der Waals surface area contributed by atoms with Gasteiger partial charge in [-0.15, -0.1) is 0 Å². The van der Waals surface area contributed by atoms with E-state index in [1.807, 2.05) is 11.8 Å². The Hall–Kier alpha value is -0.940. The molecule has 0 aliphatic carbocycles. The van der Waals surface area contributed by atoms with Crippen LogP contribution in [0.25, 0.3) is 0 Å². The van der Waals surface area contributed by atoms with Crippen molar-refractivity contribution in [2.24, 2.45) is 5.92 Å². The van der Waals surface area contributed by atoms with Gasteiger partial charge in [0.15, 0.2) is 0 Å². The number of carboxylic acids is 1. The Kier molecular flexibility index (Phi) is 4.50. The first-order valence-corrected chi connectivity index (χ1v) is 7.01. The normalized spacial score (nSPS) is 17.2. The fourth-order valence-electron chi connectivity index (χ4n) is 2.02. The van der Waals surface area contributed by atoms with E-state index >= 15 is 0 Å². The van der Waals surface area contributed by atoms with Gasteiger partial charge in [0.2, 0.25) is 5.76 Å². The van der Waals surface area contributed by atoms with Crippen molar-refractivity contribution in [1.82, 2.24) is 5.32 Å². The molecule has 4 nitrogen and oxygen atoms in total. The summed E-state index contributed by atoms with van der Waals surface area (Å²) in [5, 5.41) is 12.2. The zero-order valence-electron chi connectivity index (χ0n) is 9.65. The van der Waals surface area contributed by atoms with E-state index in [4.69, 9.17) is 9.52 Å². The second-order valence-electron chi connectivity index (χ2n) is 4.27. The van der Waals surface area contributed by atoms with Crippen molar-refractivity contribution in [2.75, 3.05) is 18.1 Å². The van der Waals surface area contributed by atoms with Crippen molar-refractivity contribution in [1.29, 1.82) is 0 Å². The van der Waals surface area contributed by atoms with Crippen molar-refractivity contribution >= 4 is 17.7 Å². The molecule has 94 valence electrons. The second kappa shape index (κ2) is 6.12. The van der Waals surface area contributed by atoms with E-state index in [1.54, 1.807) is 6.07 Å². The van der Waals surface area contributed by atoms with Crippen LogP contribution in [-0.2, 0) is 6.54 Å². The number of nitrogens with one attached hydrogen (secondary N) is 1. The molecular weight excluding hydrogens is 238 g/mol. The van der Waals surface area contributed by atoms with Gasteiger partial charge in [-0.25, -0.2) is 4.79 Å². The van der Waals surface area contributed by atoms with E-state index in [2.05, 4.69) is 5.32 Å². The number of aromatic carboxylic acids is 1. The summed E-state index contributed by atoms with van der Waals surface area (Å²) in [6.45, 7) is 1.53.